The van der Waals surface area contributed by atoms with E-state index in [9.17, 15) is 9.59 Å². The van der Waals surface area contributed by atoms with E-state index >= 15 is 0 Å². The fourth-order valence-corrected chi connectivity index (χ4v) is 8.68. The molecule has 0 aromatic heterocycles. The minimum atomic E-state index is -0.0505. The van der Waals surface area contributed by atoms with Gasteiger partial charge in [0.25, 0.3) is 0 Å². The second-order valence-electron chi connectivity index (χ2n) is 14.0. The number of esters is 2. The average molecular weight is 607 g/mol. The van der Waals surface area contributed by atoms with E-state index in [0.29, 0.717) is 50.8 Å². The topological polar surface area (TPSA) is 96.1 Å². The van der Waals surface area contributed by atoms with Gasteiger partial charge in [-0.15, -0.1) is 0 Å². The van der Waals surface area contributed by atoms with E-state index in [1.54, 1.807) is 51.4 Å². The molecular weight excluding hydrogens is 548 g/mol. The van der Waals surface area contributed by atoms with Gasteiger partial charge < -0.3 is 28.4 Å². The van der Waals surface area contributed by atoms with E-state index in [0.717, 1.165) is 75.9 Å². The Morgan fingerprint density at radius 3 is 1.60 bits per heavy atom. The lowest BCUT2D eigenvalue weighted by Crippen LogP contribution is -2.24. The van der Waals surface area contributed by atoms with Crippen LogP contribution in [0.4, 0.5) is 0 Å². The van der Waals surface area contributed by atoms with Crippen LogP contribution in [0.2, 0.25) is 0 Å². The van der Waals surface area contributed by atoms with Crippen molar-refractivity contribution in [3.63, 3.8) is 0 Å². The zero-order valence-electron chi connectivity index (χ0n) is 26.9. The Kier molecular flexibility index (Phi) is 12.6. The summed E-state index contributed by atoms with van der Waals surface area (Å²) in [5.74, 6) is 2.37. The molecule has 5 saturated carbocycles. The third-order valence-corrected chi connectivity index (χ3v) is 11.1. The highest BCUT2D eigenvalue weighted by Crippen LogP contribution is 2.62. The Labute approximate surface area is 259 Å². The molecular formula is C35H58O8. The predicted octanol–water partition coefficient (Wildman–Crippen LogP) is 6.41. The molecule has 0 aromatic carbocycles. The van der Waals surface area contributed by atoms with Crippen molar-refractivity contribution in [3.8, 4) is 0 Å². The van der Waals surface area contributed by atoms with Gasteiger partial charge in [0, 0.05) is 39.3 Å². The van der Waals surface area contributed by atoms with E-state index in [2.05, 4.69) is 0 Å². The van der Waals surface area contributed by atoms with E-state index in [-0.39, 0.29) is 23.8 Å². The van der Waals surface area contributed by atoms with Gasteiger partial charge in [0.1, 0.15) is 0 Å². The number of ether oxygens (including phenoxy) is 6. The average Bonchev–Trinajstić information content (AvgIpc) is 3.84. The SMILES string of the molecule is C1CCC2(C1)CC1CCC2C1.CCOCCCOC(=O)C1CCC2OC2C1.CCOCCCOC(=O)C1CCC2OC2C1. The van der Waals surface area contributed by atoms with Crippen LogP contribution in [0, 0.1) is 29.1 Å². The maximum atomic E-state index is 11.7. The number of rotatable bonds is 12. The first-order chi connectivity index (χ1) is 21.0. The summed E-state index contributed by atoms with van der Waals surface area (Å²) < 4.78 is 31.6. The third kappa shape index (κ3) is 9.64. The second kappa shape index (κ2) is 16.4. The van der Waals surface area contributed by atoms with Crippen LogP contribution in [0.3, 0.4) is 0 Å². The second-order valence-corrected chi connectivity index (χ2v) is 14.0. The molecule has 5 aliphatic carbocycles. The molecule has 8 nitrogen and oxygen atoms in total. The van der Waals surface area contributed by atoms with Crippen molar-refractivity contribution >= 4 is 11.9 Å². The number of fused-ring (bicyclic) bond motifs is 5. The van der Waals surface area contributed by atoms with Crippen molar-refractivity contribution in [2.75, 3.05) is 39.6 Å². The minimum Gasteiger partial charge on any atom is -0.465 e. The monoisotopic (exact) mass is 606 g/mol. The number of carbonyl (C=O) groups is 2. The van der Waals surface area contributed by atoms with Crippen LogP contribution in [0.5, 0.6) is 0 Å². The molecule has 2 saturated heterocycles. The van der Waals surface area contributed by atoms with Gasteiger partial charge in [-0.2, -0.15) is 0 Å². The molecule has 246 valence electrons. The lowest BCUT2D eigenvalue weighted by Gasteiger charge is -2.33. The summed E-state index contributed by atoms with van der Waals surface area (Å²) in [4.78, 5) is 23.4. The molecule has 0 radical (unpaired) electrons. The third-order valence-electron chi connectivity index (χ3n) is 11.1. The molecule has 1 spiro atoms. The van der Waals surface area contributed by atoms with Gasteiger partial charge in [-0.1, -0.05) is 19.3 Å². The van der Waals surface area contributed by atoms with E-state index < -0.39 is 0 Å². The molecule has 2 bridgehead atoms. The molecule has 2 heterocycles. The summed E-state index contributed by atoms with van der Waals surface area (Å²) >= 11 is 0. The zero-order chi connectivity index (χ0) is 30.1. The molecule has 0 aromatic rings. The standard InChI is InChI=1S/2C12H20O4.C11H18/c2*1-2-14-6-3-7-15-12(13)9-4-5-10-11(8-9)16-10;1-2-6-11(5-1)8-9-3-4-10(11)7-9/h2*9-11H,2-8H2,1H3;9-10H,1-8H2. The Morgan fingerprint density at radius 2 is 1.19 bits per heavy atom. The predicted molar refractivity (Wildman–Crippen MR) is 162 cm³/mol. The van der Waals surface area contributed by atoms with Gasteiger partial charge in [-0.05, 0) is 102 Å². The van der Waals surface area contributed by atoms with E-state index in [1.165, 1.54) is 5.92 Å². The first kappa shape index (κ1) is 33.2. The molecule has 43 heavy (non-hydrogen) atoms. The summed E-state index contributed by atoms with van der Waals surface area (Å²) in [5, 5.41) is 0. The van der Waals surface area contributed by atoms with E-state index in [4.69, 9.17) is 28.4 Å². The Balaban J connectivity index is 0.000000130. The highest BCUT2D eigenvalue weighted by atomic mass is 16.6. The molecule has 8 atom stereocenters. The summed E-state index contributed by atoms with van der Waals surface area (Å²) in [7, 11) is 0. The van der Waals surface area contributed by atoms with Crippen LogP contribution in [-0.2, 0) is 38.0 Å². The van der Waals surface area contributed by atoms with E-state index in [1.807, 2.05) is 13.8 Å². The number of epoxide rings is 2. The Bertz CT molecular complexity index is 822. The van der Waals surface area contributed by atoms with Crippen LogP contribution >= 0.6 is 0 Å². The van der Waals surface area contributed by atoms with Crippen LogP contribution in [0.1, 0.15) is 117 Å². The lowest BCUT2D eigenvalue weighted by molar-refractivity contribution is -0.150. The van der Waals surface area contributed by atoms with Crippen molar-refractivity contribution in [2.45, 2.75) is 141 Å². The number of carbonyl (C=O) groups excluding carboxylic acids is 2. The van der Waals surface area contributed by atoms with Gasteiger partial charge in [0.15, 0.2) is 0 Å². The molecule has 8 unspecified atom stereocenters. The molecule has 7 aliphatic rings. The molecule has 0 amide bonds. The first-order valence-electron chi connectivity index (χ1n) is 17.8. The lowest BCUT2D eigenvalue weighted by atomic mass is 9.72. The van der Waals surface area contributed by atoms with Crippen LogP contribution in [-0.4, -0.2) is 76.0 Å². The van der Waals surface area contributed by atoms with Crippen molar-refractivity contribution in [2.24, 2.45) is 29.1 Å². The maximum Gasteiger partial charge on any atom is 0.309 e. The van der Waals surface area contributed by atoms with Crippen LogP contribution in [0.25, 0.3) is 0 Å². The highest BCUT2D eigenvalue weighted by Gasteiger charge is 2.51. The Morgan fingerprint density at radius 1 is 0.651 bits per heavy atom. The van der Waals surface area contributed by atoms with Gasteiger partial charge in [0.2, 0.25) is 0 Å². The van der Waals surface area contributed by atoms with Gasteiger partial charge in [-0.3, -0.25) is 9.59 Å². The summed E-state index contributed by atoms with van der Waals surface area (Å²) in [5.41, 5.74) is 0.906. The number of hydrogen-bond donors (Lipinski definition) is 0. The smallest absolute Gasteiger partial charge is 0.309 e. The maximum absolute atomic E-state index is 11.7. The van der Waals surface area contributed by atoms with Gasteiger partial charge in [0.05, 0.1) is 49.5 Å². The summed E-state index contributed by atoms with van der Waals surface area (Å²) in [6, 6.07) is 0. The molecule has 0 N–H and O–H groups in total. The Hall–Kier alpha value is -1.22. The molecule has 2 aliphatic heterocycles. The quantitative estimate of drug-likeness (QED) is 0.143. The van der Waals surface area contributed by atoms with Crippen LogP contribution in [0.15, 0.2) is 0 Å². The fourth-order valence-electron chi connectivity index (χ4n) is 8.68. The normalized spacial score (nSPS) is 35.5. The summed E-state index contributed by atoms with van der Waals surface area (Å²) in [6.07, 6.45) is 21.4. The van der Waals surface area contributed by atoms with Crippen molar-refractivity contribution in [1.82, 2.24) is 0 Å². The minimum absolute atomic E-state index is 0.0505. The fraction of sp³-hybridized carbons (Fsp3) is 0.943. The van der Waals surface area contributed by atoms with Crippen molar-refractivity contribution in [1.29, 1.82) is 0 Å². The highest BCUT2D eigenvalue weighted by molar-refractivity contribution is 5.73. The largest absolute Gasteiger partial charge is 0.465 e. The zero-order valence-corrected chi connectivity index (χ0v) is 26.9. The summed E-state index contributed by atoms with van der Waals surface area (Å²) in [6.45, 7) is 7.65. The van der Waals surface area contributed by atoms with Crippen molar-refractivity contribution < 1.29 is 38.0 Å². The molecule has 7 fully saturated rings. The first-order valence-corrected chi connectivity index (χ1v) is 17.8. The number of hydrogen-bond acceptors (Lipinski definition) is 8. The van der Waals surface area contributed by atoms with Crippen molar-refractivity contribution in [3.05, 3.63) is 0 Å². The molecule has 8 heteroatoms. The van der Waals surface area contributed by atoms with Gasteiger partial charge >= 0.3 is 11.9 Å². The molecule has 7 rings (SSSR count). The van der Waals surface area contributed by atoms with Gasteiger partial charge in [-0.25, -0.2) is 0 Å². The van der Waals surface area contributed by atoms with Crippen LogP contribution < -0.4 is 0 Å².